The molecule has 1 unspecified atom stereocenters. The topological polar surface area (TPSA) is 95.1 Å². The van der Waals surface area contributed by atoms with Crippen LogP contribution in [0.4, 0.5) is 5.69 Å². The number of nitrogens with two attached hydrogens (primary N) is 3. The molecule has 6 N–H and O–H groups in total. The van der Waals surface area contributed by atoms with Crippen LogP contribution in [0.3, 0.4) is 0 Å². The second-order valence-electron chi connectivity index (χ2n) is 2.89. The summed E-state index contributed by atoms with van der Waals surface area (Å²) in [7, 11) is 0. The summed E-state index contributed by atoms with van der Waals surface area (Å²) in [6, 6.07) is 6.77. The van der Waals surface area contributed by atoms with Crippen molar-refractivity contribution in [2.24, 2.45) is 11.5 Å². The number of hydrogen-bond acceptors (Lipinski definition) is 4. The Morgan fingerprint density at radius 2 is 1.93 bits per heavy atom. The lowest BCUT2D eigenvalue weighted by molar-refractivity contribution is -0.118. The Labute approximate surface area is 86.8 Å². The van der Waals surface area contributed by atoms with E-state index in [0.29, 0.717) is 11.4 Å². The van der Waals surface area contributed by atoms with Gasteiger partial charge >= 0.3 is 0 Å². The Kier molecular flexibility index (Phi) is 3.79. The molecule has 0 aliphatic heterocycles. The van der Waals surface area contributed by atoms with E-state index in [-0.39, 0.29) is 0 Å². The molecule has 5 heteroatoms. The lowest BCUT2D eigenvalue weighted by Crippen LogP contribution is -2.38. The highest BCUT2D eigenvalue weighted by Gasteiger charge is 2.08. The van der Waals surface area contributed by atoms with Gasteiger partial charge in [-0.15, -0.1) is 11.8 Å². The Morgan fingerprint density at radius 1 is 1.36 bits per heavy atom. The van der Waals surface area contributed by atoms with Crippen LogP contribution in [0.1, 0.15) is 0 Å². The molecule has 0 aliphatic rings. The van der Waals surface area contributed by atoms with E-state index in [1.807, 2.05) is 12.1 Å². The molecule has 1 aromatic carbocycles. The third-order valence-corrected chi connectivity index (χ3v) is 2.81. The molecule has 0 radical (unpaired) electrons. The maximum Gasteiger partial charge on any atom is 0.235 e. The molecule has 0 spiro atoms. The van der Waals surface area contributed by atoms with Crippen molar-refractivity contribution in [1.82, 2.24) is 0 Å². The Balaban J connectivity index is 2.46. The van der Waals surface area contributed by atoms with Crippen LogP contribution >= 0.6 is 11.8 Å². The molecule has 0 bridgehead atoms. The van der Waals surface area contributed by atoms with E-state index < -0.39 is 11.9 Å². The van der Waals surface area contributed by atoms with E-state index in [1.54, 1.807) is 12.1 Å². The van der Waals surface area contributed by atoms with Gasteiger partial charge in [-0.05, 0) is 24.3 Å². The van der Waals surface area contributed by atoms with Crippen molar-refractivity contribution >= 4 is 23.4 Å². The largest absolute Gasteiger partial charge is 0.399 e. The predicted molar refractivity (Wildman–Crippen MR) is 58.7 cm³/mol. The standard InChI is InChI=1S/C9H13N3OS/c10-6-1-3-7(4-2-6)14-5-8(11)9(12)13/h1-4,8H,5,10-11H2,(H2,12,13). The number of anilines is 1. The Hall–Kier alpha value is -1.20. The zero-order chi connectivity index (χ0) is 10.6. The molecule has 1 aromatic rings. The van der Waals surface area contributed by atoms with E-state index >= 15 is 0 Å². The minimum Gasteiger partial charge on any atom is -0.399 e. The molecule has 4 nitrogen and oxygen atoms in total. The lowest BCUT2D eigenvalue weighted by Gasteiger charge is -2.06. The number of hydrogen-bond donors (Lipinski definition) is 3. The summed E-state index contributed by atoms with van der Waals surface area (Å²) in [6.07, 6.45) is 0. The normalized spacial score (nSPS) is 12.4. The summed E-state index contributed by atoms with van der Waals surface area (Å²) < 4.78 is 0. The molecule has 0 fully saturated rings. The molecular formula is C9H13N3OS. The van der Waals surface area contributed by atoms with Gasteiger partial charge < -0.3 is 17.2 Å². The van der Waals surface area contributed by atoms with Crippen molar-refractivity contribution in [3.63, 3.8) is 0 Å². The summed E-state index contributed by atoms with van der Waals surface area (Å²) >= 11 is 1.48. The summed E-state index contributed by atoms with van der Waals surface area (Å²) in [4.78, 5) is 11.7. The van der Waals surface area contributed by atoms with Gasteiger partial charge in [-0.3, -0.25) is 4.79 Å². The van der Waals surface area contributed by atoms with Gasteiger partial charge in [-0.25, -0.2) is 0 Å². The van der Waals surface area contributed by atoms with Crippen molar-refractivity contribution in [3.8, 4) is 0 Å². The molecule has 0 saturated carbocycles. The number of rotatable bonds is 4. The van der Waals surface area contributed by atoms with E-state index in [0.717, 1.165) is 4.90 Å². The monoisotopic (exact) mass is 211 g/mol. The molecule has 14 heavy (non-hydrogen) atoms. The fourth-order valence-electron chi connectivity index (χ4n) is 0.832. The van der Waals surface area contributed by atoms with Gasteiger partial charge in [0, 0.05) is 16.3 Å². The van der Waals surface area contributed by atoms with Crippen LogP contribution in [0, 0.1) is 0 Å². The van der Waals surface area contributed by atoms with Crippen LogP contribution in [-0.2, 0) is 4.79 Å². The number of carbonyl (C=O) groups excluding carboxylic acids is 1. The summed E-state index contributed by atoms with van der Waals surface area (Å²) in [6.45, 7) is 0. The van der Waals surface area contributed by atoms with Crippen molar-refractivity contribution in [2.45, 2.75) is 10.9 Å². The van der Waals surface area contributed by atoms with Crippen LogP contribution in [0.25, 0.3) is 0 Å². The number of nitrogen functional groups attached to an aromatic ring is 1. The van der Waals surface area contributed by atoms with Gasteiger partial charge in [-0.1, -0.05) is 0 Å². The molecular weight excluding hydrogens is 198 g/mol. The van der Waals surface area contributed by atoms with Gasteiger partial charge in [0.1, 0.15) is 0 Å². The number of thioether (sulfide) groups is 1. The van der Waals surface area contributed by atoms with E-state index in [9.17, 15) is 4.79 Å². The van der Waals surface area contributed by atoms with Crippen LogP contribution in [0.5, 0.6) is 0 Å². The molecule has 1 rings (SSSR count). The number of carbonyl (C=O) groups is 1. The molecule has 0 heterocycles. The fourth-order valence-corrected chi connectivity index (χ4v) is 1.70. The Bertz CT molecular complexity index is 312. The quantitative estimate of drug-likeness (QED) is 0.489. The van der Waals surface area contributed by atoms with Crippen LogP contribution in [-0.4, -0.2) is 17.7 Å². The second kappa shape index (κ2) is 4.88. The summed E-state index contributed by atoms with van der Waals surface area (Å²) in [5, 5.41) is 0. The Morgan fingerprint density at radius 3 is 2.43 bits per heavy atom. The van der Waals surface area contributed by atoms with E-state index in [4.69, 9.17) is 17.2 Å². The number of benzene rings is 1. The maximum absolute atomic E-state index is 10.6. The zero-order valence-corrected chi connectivity index (χ0v) is 8.46. The SMILES string of the molecule is NC(=O)C(N)CSc1ccc(N)cc1. The summed E-state index contributed by atoms with van der Waals surface area (Å²) in [5.41, 5.74) is 16.7. The first-order valence-electron chi connectivity index (χ1n) is 4.13. The maximum atomic E-state index is 10.6. The first kappa shape index (κ1) is 10.9. The molecule has 0 aliphatic carbocycles. The molecule has 76 valence electrons. The second-order valence-corrected chi connectivity index (χ2v) is 3.98. The van der Waals surface area contributed by atoms with Crippen molar-refractivity contribution in [2.75, 3.05) is 11.5 Å². The summed E-state index contributed by atoms with van der Waals surface area (Å²) in [5.74, 6) is 0.00661. The smallest absolute Gasteiger partial charge is 0.235 e. The highest BCUT2D eigenvalue weighted by atomic mass is 32.2. The van der Waals surface area contributed by atoms with E-state index in [2.05, 4.69) is 0 Å². The molecule has 0 aromatic heterocycles. The fraction of sp³-hybridized carbons (Fsp3) is 0.222. The van der Waals surface area contributed by atoms with Gasteiger partial charge in [-0.2, -0.15) is 0 Å². The van der Waals surface area contributed by atoms with Crippen LogP contribution in [0.15, 0.2) is 29.2 Å². The highest BCUT2D eigenvalue weighted by molar-refractivity contribution is 7.99. The van der Waals surface area contributed by atoms with Crippen LogP contribution in [0.2, 0.25) is 0 Å². The van der Waals surface area contributed by atoms with Gasteiger partial charge in [0.05, 0.1) is 6.04 Å². The number of amides is 1. The van der Waals surface area contributed by atoms with Crippen molar-refractivity contribution in [1.29, 1.82) is 0 Å². The molecule has 0 saturated heterocycles. The van der Waals surface area contributed by atoms with Crippen molar-refractivity contribution in [3.05, 3.63) is 24.3 Å². The first-order chi connectivity index (χ1) is 6.59. The van der Waals surface area contributed by atoms with Gasteiger partial charge in [0.15, 0.2) is 0 Å². The highest BCUT2D eigenvalue weighted by Crippen LogP contribution is 2.19. The minimum absolute atomic E-state index is 0.479. The van der Waals surface area contributed by atoms with Crippen LogP contribution < -0.4 is 17.2 Å². The van der Waals surface area contributed by atoms with Crippen molar-refractivity contribution < 1.29 is 4.79 Å². The third kappa shape index (κ3) is 3.27. The third-order valence-electron chi connectivity index (χ3n) is 1.68. The zero-order valence-electron chi connectivity index (χ0n) is 7.64. The first-order valence-corrected chi connectivity index (χ1v) is 5.11. The number of primary amides is 1. The lowest BCUT2D eigenvalue weighted by atomic mass is 10.3. The average Bonchev–Trinajstić information content (AvgIpc) is 2.16. The molecule has 1 amide bonds. The molecule has 1 atom stereocenters. The average molecular weight is 211 g/mol. The van der Waals surface area contributed by atoms with Gasteiger partial charge in [0.25, 0.3) is 0 Å². The van der Waals surface area contributed by atoms with Gasteiger partial charge in [0.2, 0.25) is 5.91 Å². The predicted octanol–water partition coefficient (Wildman–Crippen LogP) is 0.173. The minimum atomic E-state index is -0.599. The van der Waals surface area contributed by atoms with E-state index in [1.165, 1.54) is 11.8 Å².